The maximum absolute atomic E-state index is 2.22. The molecule has 0 amide bonds. The summed E-state index contributed by atoms with van der Waals surface area (Å²) < 4.78 is 0. The molecule has 3 aromatic rings. The fourth-order valence-corrected chi connectivity index (χ4v) is 2.46. The third kappa shape index (κ3) is 4.89. The van der Waals surface area contributed by atoms with E-state index in [9.17, 15) is 0 Å². The molecular formula is C22H24. The van der Waals surface area contributed by atoms with E-state index >= 15 is 0 Å². The summed E-state index contributed by atoms with van der Waals surface area (Å²) in [5.74, 6) is 0. The lowest BCUT2D eigenvalue weighted by molar-refractivity contribution is 1.39. The van der Waals surface area contributed by atoms with Crippen LogP contribution in [-0.2, 0) is 0 Å². The molecule has 0 aromatic heterocycles. The van der Waals surface area contributed by atoms with Gasteiger partial charge < -0.3 is 0 Å². The predicted molar refractivity (Wildman–Crippen MR) is 97.3 cm³/mol. The first-order chi connectivity index (χ1) is 10.5. The van der Waals surface area contributed by atoms with Crippen molar-refractivity contribution in [1.29, 1.82) is 0 Å². The Hall–Kier alpha value is -2.34. The molecule has 112 valence electrons. The van der Waals surface area contributed by atoms with E-state index in [1.807, 2.05) is 0 Å². The number of hydrogen-bond acceptors (Lipinski definition) is 0. The fraction of sp³-hybridized carbons (Fsp3) is 0.182. The van der Waals surface area contributed by atoms with Gasteiger partial charge in [-0.05, 0) is 38.8 Å². The van der Waals surface area contributed by atoms with Gasteiger partial charge in [0.05, 0.1) is 0 Å². The smallest absolute Gasteiger partial charge is 0.0181 e. The first-order valence-corrected chi connectivity index (χ1v) is 7.71. The summed E-state index contributed by atoms with van der Waals surface area (Å²) in [6.45, 7) is 8.46. The second-order valence-electron chi connectivity index (χ2n) is 5.90. The standard InChI is InChI=1S/C14H14.C8H10/c1-11-5-3-7-13(9-11)14-8-4-6-12(2)10-14;1-7-4-3-5-8(2)6-7/h3-10H,1-2H3;3-6H,1-2H3. The molecule has 0 heterocycles. The van der Waals surface area contributed by atoms with Crippen LogP contribution in [0.15, 0.2) is 72.8 Å². The second kappa shape index (κ2) is 7.61. The van der Waals surface area contributed by atoms with E-state index < -0.39 is 0 Å². The molecule has 3 aromatic carbocycles. The van der Waals surface area contributed by atoms with Crippen molar-refractivity contribution in [2.24, 2.45) is 0 Å². The van der Waals surface area contributed by atoms with Crippen molar-refractivity contribution in [1.82, 2.24) is 0 Å². The topological polar surface area (TPSA) is 0 Å². The van der Waals surface area contributed by atoms with Crippen LogP contribution in [0.3, 0.4) is 0 Å². The van der Waals surface area contributed by atoms with Gasteiger partial charge in [-0.3, -0.25) is 0 Å². The highest BCUT2D eigenvalue weighted by molar-refractivity contribution is 5.64. The largest absolute Gasteiger partial charge is 0.0617 e. The third-order valence-electron chi connectivity index (χ3n) is 3.54. The van der Waals surface area contributed by atoms with Gasteiger partial charge in [-0.1, -0.05) is 95.1 Å². The van der Waals surface area contributed by atoms with Crippen molar-refractivity contribution in [3.05, 3.63) is 95.1 Å². The molecule has 0 saturated heterocycles. The van der Waals surface area contributed by atoms with E-state index in [1.165, 1.54) is 33.4 Å². The Morgan fingerprint density at radius 3 is 1.00 bits per heavy atom. The Morgan fingerprint density at radius 2 is 0.727 bits per heavy atom. The molecule has 0 unspecified atom stereocenters. The monoisotopic (exact) mass is 288 g/mol. The summed E-state index contributed by atoms with van der Waals surface area (Å²) in [5.41, 5.74) is 7.89. The van der Waals surface area contributed by atoms with Gasteiger partial charge in [-0.25, -0.2) is 0 Å². The average Bonchev–Trinajstić information content (AvgIpc) is 2.48. The Kier molecular flexibility index (Phi) is 5.55. The second-order valence-corrected chi connectivity index (χ2v) is 5.90. The molecule has 0 bridgehead atoms. The van der Waals surface area contributed by atoms with E-state index in [1.54, 1.807) is 0 Å². The molecule has 0 spiro atoms. The lowest BCUT2D eigenvalue weighted by Gasteiger charge is -2.03. The summed E-state index contributed by atoms with van der Waals surface area (Å²) in [5, 5.41) is 0. The Morgan fingerprint density at radius 1 is 0.409 bits per heavy atom. The molecule has 0 aliphatic carbocycles. The maximum atomic E-state index is 2.22. The summed E-state index contributed by atoms with van der Waals surface area (Å²) in [4.78, 5) is 0. The molecule has 0 aliphatic heterocycles. The van der Waals surface area contributed by atoms with Gasteiger partial charge in [0.2, 0.25) is 0 Å². The predicted octanol–water partition coefficient (Wildman–Crippen LogP) is 6.27. The van der Waals surface area contributed by atoms with Crippen LogP contribution in [-0.4, -0.2) is 0 Å². The molecule has 0 saturated carbocycles. The van der Waals surface area contributed by atoms with Crippen molar-refractivity contribution in [3.8, 4) is 11.1 Å². The lowest BCUT2D eigenvalue weighted by atomic mass is 10.0. The van der Waals surface area contributed by atoms with Gasteiger partial charge in [0, 0.05) is 0 Å². The van der Waals surface area contributed by atoms with Crippen LogP contribution < -0.4 is 0 Å². The Balaban J connectivity index is 0.000000188. The van der Waals surface area contributed by atoms with Gasteiger partial charge in [0.1, 0.15) is 0 Å². The summed E-state index contributed by atoms with van der Waals surface area (Å²) >= 11 is 0. The molecule has 0 atom stereocenters. The van der Waals surface area contributed by atoms with Crippen LogP contribution in [0.25, 0.3) is 11.1 Å². The van der Waals surface area contributed by atoms with E-state index in [4.69, 9.17) is 0 Å². The van der Waals surface area contributed by atoms with Gasteiger partial charge in [0.25, 0.3) is 0 Å². The van der Waals surface area contributed by atoms with Gasteiger partial charge in [-0.15, -0.1) is 0 Å². The first-order valence-electron chi connectivity index (χ1n) is 7.71. The van der Waals surface area contributed by atoms with Crippen molar-refractivity contribution >= 4 is 0 Å². The number of hydrogen-bond donors (Lipinski definition) is 0. The molecule has 0 radical (unpaired) electrons. The summed E-state index contributed by atoms with van der Waals surface area (Å²) in [7, 11) is 0. The summed E-state index contributed by atoms with van der Waals surface area (Å²) in [6, 6.07) is 25.6. The van der Waals surface area contributed by atoms with Gasteiger partial charge >= 0.3 is 0 Å². The van der Waals surface area contributed by atoms with Crippen molar-refractivity contribution in [2.75, 3.05) is 0 Å². The molecule has 0 N–H and O–H groups in total. The van der Waals surface area contributed by atoms with E-state index in [-0.39, 0.29) is 0 Å². The number of rotatable bonds is 1. The average molecular weight is 288 g/mol. The highest BCUT2D eigenvalue weighted by atomic mass is 14.0. The molecule has 22 heavy (non-hydrogen) atoms. The molecular weight excluding hydrogens is 264 g/mol. The SMILES string of the molecule is Cc1cccc(-c2cccc(C)c2)c1.Cc1cccc(C)c1. The molecule has 0 fully saturated rings. The zero-order valence-corrected chi connectivity index (χ0v) is 13.9. The molecule has 0 aliphatic rings. The van der Waals surface area contributed by atoms with Crippen LogP contribution in [0, 0.1) is 27.7 Å². The zero-order chi connectivity index (χ0) is 15.9. The van der Waals surface area contributed by atoms with Crippen molar-refractivity contribution in [3.63, 3.8) is 0 Å². The van der Waals surface area contributed by atoms with E-state index in [0.29, 0.717) is 0 Å². The zero-order valence-electron chi connectivity index (χ0n) is 13.9. The third-order valence-corrected chi connectivity index (χ3v) is 3.54. The van der Waals surface area contributed by atoms with Gasteiger partial charge in [-0.2, -0.15) is 0 Å². The Bertz CT molecular complexity index is 678. The molecule has 0 heteroatoms. The minimum absolute atomic E-state index is 1.30. The number of aryl methyl sites for hydroxylation is 4. The number of benzene rings is 3. The quantitative estimate of drug-likeness (QED) is 0.494. The summed E-state index contributed by atoms with van der Waals surface area (Å²) in [6.07, 6.45) is 0. The van der Waals surface area contributed by atoms with Crippen molar-refractivity contribution < 1.29 is 0 Å². The highest BCUT2D eigenvalue weighted by Gasteiger charge is 1.96. The van der Waals surface area contributed by atoms with Gasteiger partial charge in [0.15, 0.2) is 0 Å². The van der Waals surface area contributed by atoms with Crippen LogP contribution in [0.4, 0.5) is 0 Å². The first kappa shape index (κ1) is 16.0. The van der Waals surface area contributed by atoms with Crippen LogP contribution in [0.1, 0.15) is 22.3 Å². The highest BCUT2D eigenvalue weighted by Crippen LogP contribution is 2.20. The normalized spacial score (nSPS) is 9.82. The fourth-order valence-electron chi connectivity index (χ4n) is 2.46. The Labute approximate surface area is 134 Å². The van der Waals surface area contributed by atoms with E-state index in [0.717, 1.165) is 0 Å². The van der Waals surface area contributed by atoms with Crippen LogP contribution in [0.5, 0.6) is 0 Å². The minimum atomic E-state index is 1.30. The van der Waals surface area contributed by atoms with Crippen LogP contribution >= 0.6 is 0 Å². The maximum Gasteiger partial charge on any atom is -0.0181 e. The van der Waals surface area contributed by atoms with Crippen molar-refractivity contribution in [2.45, 2.75) is 27.7 Å². The molecule has 3 rings (SSSR count). The lowest BCUT2D eigenvalue weighted by Crippen LogP contribution is -1.80. The minimum Gasteiger partial charge on any atom is -0.0617 e. The van der Waals surface area contributed by atoms with E-state index in [2.05, 4.69) is 100 Å². The molecule has 0 nitrogen and oxygen atoms in total. The van der Waals surface area contributed by atoms with Crippen LogP contribution in [0.2, 0.25) is 0 Å².